The summed E-state index contributed by atoms with van der Waals surface area (Å²) in [7, 11) is 0. The van der Waals surface area contributed by atoms with Gasteiger partial charge < -0.3 is 25.4 Å². The average molecular weight is 560 g/mol. The number of benzene rings is 3. The van der Waals surface area contributed by atoms with Crippen LogP contribution in [0, 0.1) is 11.8 Å². The molecule has 3 fully saturated rings. The Morgan fingerprint density at radius 3 is 2.38 bits per heavy atom. The van der Waals surface area contributed by atoms with Crippen molar-refractivity contribution < 1.29 is 24.2 Å². The number of hydrogen-bond acceptors (Lipinski definition) is 5. The van der Waals surface area contributed by atoms with Crippen molar-refractivity contribution in [2.24, 2.45) is 11.8 Å². The number of para-hydroxylation sites is 1. The molecule has 3 aliphatic heterocycles. The third kappa shape index (κ3) is 4.36. The van der Waals surface area contributed by atoms with Crippen LogP contribution in [0.25, 0.3) is 0 Å². The van der Waals surface area contributed by atoms with Gasteiger partial charge in [0.1, 0.15) is 11.6 Å². The van der Waals surface area contributed by atoms with E-state index in [1.165, 1.54) is 4.90 Å². The van der Waals surface area contributed by atoms with Crippen molar-refractivity contribution in [2.75, 3.05) is 11.9 Å². The number of ether oxygens (including phenoxy) is 1. The predicted molar refractivity (Wildman–Crippen MR) is 149 cm³/mol. The molecule has 0 radical (unpaired) electrons. The van der Waals surface area contributed by atoms with Gasteiger partial charge in [-0.15, -0.1) is 0 Å². The van der Waals surface area contributed by atoms with E-state index in [4.69, 9.17) is 16.3 Å². The Labute approximate surface area is 237 Å². The number of carbonyl (C=O) groups is 3. The van der Waals surface area contributed by atoms with Crippen molar-refractivity contribution in [3.8, 4) is 0 Å². The maximum absolute atomic E-state index is 14.3. The van der Waals surface area contributed by atoms with Gasteiger partial charge in [-0.05, 0) is 36.1 Å². The SMILES string of the molecule is O=C(Nc1ccccc1Cl)C1N([C@H](CO)c2ccccc2)C(=O)[C@@H]2[C@@H](C(=O)NCc3ccccc3)[C@H]3CCC12O3. The summed E-state index contributed by atoms with van der Waals surface area (Å²) in [5, 5.41) is 16.8. The normalized spacial score (nSPS) is 27.4. The van der Waals surface area contributed by atoms with Crippen LogP contribution < -0.4 is 10.6 Å². The number of aliphatic hydroxyl groups excluding tert-OH is 1. The maximum Gasteiger partial charge on any atom is 0.250 e. The molecule has 0 aromatic heterocycles. The summed E-state index contributed by atoms with van der Waals surface area (Å²) in [6.07, 6.45) is 0.513. The highest BCUT2D eigenvalue weighted by Crippen LogP contribution is 2.59. The van der Waals surface area contributed by atoms with E-state index in [0.717, 1.165) is 5.56 Å². The number of nitrogens with zero attached hydrogens (tertiary/aromatic N) is 1. The van der Waals surface area contributed by atoms with Gasteiger partial charge in [0.25, 0.3) is 0 Å². The summed E-state index contributed by atoms with van der Waals surface area (Å²) in [4.78, 5) is 43.4. The number of hydrogen-bond donors (Lipinski definition) is 3. The number of halogens is 1. The topological polar surface area (TPSA) is 108 Å². The first-order valence-electron chi connectivity index (χ1n) is 13.5. The van der Waals surface area contributed by atoms with Gasteiger partial charge in [0.2, 0.25) is 17.7 Å². The van der Waals surface area contributed by atoms with Crippen LogP contribution >= 0.6 is 11.6 Å². The van der Waals surface area contributed by atoms with E-state index in [9.17, 15) is 19.5 Å². The summed E-state index contributed by atoms with van der Waals surface area (Å²) in [5.74, 6) is -2.72. The van der Waals surface area contributed by atoms with Crippen LogP contribution in [0.4, 0.5) is 5.69 Å². The van der Waals surface area contributed by atoms with Crippen LogP contribution in [0.2, 0.25) is 5.02 Å². The van der Waals surface area contributed by atoms with Gasteiger partial charge in [-0.3, -0.25) is 14.4 Å². The van der Waals surface area contributed by atoms with Crippen LogP contribution in [0.1, 0.15) is 30.0 Å². The molecule has 1 spiro atoms. The molecule has 3 saturated heterocycles. The van der Waals surface area contributed by atoms with E-state index in [-0.39, 0.29) is 11.8 Å². The smallest absolute Gasteiger partial charge is 0.250 e. The third-order valence-electron chi connectivity index (χ3n) is 8.42. The average Bonchev–Trinajstić information content (AvgIpc) is 3.62. The van der Waals surface area contributed by atoms with Crippen LogP contribution in [0.5, 0.6) is 0 Å². The Morgan fingerprint density at radius 1 is 1.00 bits per heavy atom. The van der Waals surface area contributed by atoms with Gasteiger partial charge in [-0.1, -0.05) is 84.4 Å². The molecule has 3 N–H and O–H groups in total. The Bertz CT molecular complexity index is 1420. The van der Waals surface area contributed by atoms with E-state index in [2.05, 4.69) is 10.6 Å². The Hall–Kier alpha value is -3.72. The standard InChI is InChI=1S/C31H30ClN3O5/c32-21-13-7-8-14-22(21)34-29(38)27-31-16-15-24(40-31)25(28(37)33-17-19-9-3-1-4-10-19)26(31)30(39)35(27)23(18-36)20-11-5-2-6-12-20/h1-14,23-27,36H,15-18H2,(H,33,37)(H,34,38)/t23-,24-,25+,26+,27?,31?/m1/s1. The fourth-order valence-electron chi connectivity index (χ4n) is 6.72. The number of anilines is 1. The molecular weight excluding hydrogens is 530 g/mol. The highest BCUT2D eigenvalue weighted by Gasteiger charge is 2.75. The minimum absolute atomic E-state index is 0.277. The fraction of sp³-hybridized carbons (Fsp3) is 0.323. The molecule has 0 saturated carbocycles. The number of fused-ring (bicyclic) bond motifs is 1. The molecule has 3 amide bonds. The summed E-state index contributed by atoms with van der Waals surface area (Å²) in [5.41, 5.74) is 0.830. The number of rotatable bonds is 8. The zero-order chi connectivity index (χ0) is 27.9. The van der Waals surface area contributed by atoms with E-state index in [1.54, 1.807) is 24.3 Å². The second-order valence-corrected chi connectivity index (χ2v) is 11.0. The molecule has 6 atom stereocenters. The van der Waals surface area contributed by atoms with Crippen molar-refractivity contribution in [1.82, 2.24) is 10.2 Å². The Morgan fingerprint density at radius 2 is 1.68 bits per heavy atom. The lowest BCUT2D eigenvalue weighted by Crippen LogP contribution is -2.54. The summed E-state index contributed by atoms with van der Waals surface area (Å²) < 4.78 is 6.50. The first-order chi connectivity index (χ1) is 19.4. The Kier molecular flexibility index (Phi) is 7.08. The van der Waals surface area contributed by atoms with Gasteiger partial charge in [-0.2, -0.15) is 0 Å². The van der Waals surface area contributed by atoms with E-state index < -0.39 is 48.1 Å². The molecule has 2 bridgehead atoms. The minimum Gasteiger partial charge on any atom is -0.394 e. The number of nitrogens with one attached hydrogen (secondary N) is 2. The molecule has 0 aliphatic carbocycles. The lowest BCUT2D eigenvalue weighted by Gasteiger charge is -2.36. The quantitative estimate of drug-likeness (QED) is 0.390. The van der Waals surface area contributed by atoms with Crippen molar-refractivity contribution in [1.29, 1.82) is 0 Å². The number of carbonyl (C=O) groups excluding carboxylic acids is 3. The molecule has 8 nitrogen and oxygen atoms in total. The summed E-state index contributed by atoms with van der Waals surface area (Å²) in [6, 6.07) is 23.6. The number of likely N-dealkylation sites (tertiary alicyclic amines) is 1. The van der Waals surface area contributed by atoms with Crippen LogP contribution in [-0.2, 0) is 25.7 Å². The highest BCUT2D eigenvalue weighted by atomic mass is 35.5. The maximum atomic E-state index is 14.3. The first-order valence-corrected chi connectivity index (χ1v) is 13.8. The molecular formula is C31H30ClN3O5. The van der Waals surface area contributed by atoms with E-state index >= 15 is 0 Å². The van der Waals surface area contributed by atoms with Gasteiger partial charge in [0.15, 0.2) is 0 Å². The van der Waals surface area contributed by atoms with Gasteiger partial charge in [0.05, 0.1) is 41.3 Å². The van der Waals surface area contributed by atoms with Crippen molar-refractivity contribution in [3.05, 3.63) is 101 Å². The third-order valence-corrected chi connectivity index (χ3v) is 8.75. The summed E-state index contributed by atoms with van der Waals surface area (Å²) in [6.45, 7) is -0.0804. The lowest BCUT2D eigenvalue weighted by atomic mass is 9.70. The van der Waals surface area contributed by atoms with Gasteiger partial charge >= 0.3 is 0 Å². The van der Waals surface area contributed by atoms with Gasteiger partial charge in [0, 0.05) is 6.54 Å². The van der Waals surface area contributed by atoms with Crippen LogP contribution in [-0.4, -0.2) is 52.1 Å². The fourth-order valence-corrected chi connectivity index (χ4v) is 6.91. The minimum atomic E-state index is -1.20. The van der Waals surface area contributed by atoms with Crippen molar-refractivity contribution >= 4 is 35.0 Å². The number of aliphatic hydroxyl groups is 1. The zero-order valence-electron chi connectivity index (χ0n) is 21.7. The molecule has 40 heavy (non-hydrogen) atoms. The van der Waals surface area contributed by atoms with Crippen molar-refractivity contribution in [2.45, 2.75) is 43.2 Å². The predicted octanol–water partition coefficient (Wildman–Crippen LogP) is 3.70. The van der Waals surface area contributed by atoms with Gasteiger partial charge in [-0.25, -0.2) is 0 Å². The molecule has 3 heterocycles. The monoisotopic (exact) mass is 559 g/mol. The van der Waals surface area contributed by atoms with Crippen LogP contribution in [0.15, 0.2) is 84.9 Å². The second kappa shape index (κ2) is 10.7. The second-order valence-electron chi connectivity index (χ2n) is 10.6. The largest absolute Gasteiger partial charge is 0.394 e. The molecule has 2 unspecified atom stereocenters. The van der Waals surface area contributed by atoms with E-state index in [1.807, 2.05) is 60.7 Å². The summed E-state index contributed by atoms with van der Waals surface area (Å²) >= 11 is 6.34. The molecule has 6 rings (SSSR count). The molecule has 3 aliphatic rings. The highest BCUT2D eigenvalue weighted by molar-refractivity contribution is 6.33. The van der Waals surface area contributed by atoms with Crippen LogP contribution in [0.3, 0.4) is 0 Å². The number of amides is 3. The van der Waals surface area contributed by atoms with Crippen molar-refractivity contribution in [3.63, 3.8) is 0 Å². The van der Waals surface area contributed by atoms with E-state index in [0.29, 0.717) is 35.7 Å². The molecule has 3 aromatic rings. The molecule has 3 aromatic carbocycles. The zero-order valence-corrected chi connectivity index (χ0v) is 22.5. The first kappa shape index (κ1) is 26.5. The Balaban J connectivity index is 1.37. The molecule has 206 valence electrons. The molecule has 9 heteroatoms. The lowest BCUT2D eigenvalue weighted by molar-refractivity contribution is -0.144.